The molecule has 2 unspecified atom stereocenters. The van der Waals surface area contributed by atoms with Gasteiger partial charge in [0.1, 0.15) is 0 Å². The monoisotopic (exact) mass is 258 g/mol. The molecule has 0 spiro atoms. The van der Waals surface area contributed by atoms with Gasteiger partial charge in [0, 0.05) is 24.7 Å². The number of benzene rings is 1. The van der Waals surface area contributed by atoms with Gasteiger partial charge in [0.15, 0.2) is 0 Å². The van der Waals surface area contributed by atoms with Crippen LogP contribution in [0.1, 0.15) is 31.7 Å². The highest BCUT2D eigenvalue weighted by atomic mass is 16.2. The van der Waals surface area contributed by atoms with E-state index in [0.29, 0.717) is 18.3 Å². The number of hydrogen-bond donors (Lipinski definition) is 1. The zero-order chi connectivity index (χ0) is 13.4. The third kappa shape index (κ3) is 2.66. The number of amides is 1. The summed E-state index contributed by atoms with van der Waals surface area (Å²) in [4.78, 5) is 14.4. The smallest absolute Gasteiger partial charge is 0.228 e. The lowest BCUT2D eigenvalue weighted by molar-refractivity contribution is -0.119. The van der Waals surface area contributed by atoms with Crippen LogP contribution in [0, 0.1) is 11.8 Å². The van der Waals surface area contributed by atoms with Crippen molar-refractivity contribution in [1.82, 2.24) is 0 Å². The van der Waals surface area contributed by atoms with E-state index in [1.165, 1.54) is 18.4 Å². The van der Waals surface area contributed by atoms with Gasteiger partial charge >= 0.3 is 0 Å². The lowest BCUT2D eigenvalue weighted by Gasteiger charge is -2.33. The highest BCUT2D eigenvalue weighted by Gasteiger charge is 2.33. The number of carbonyl (C=O) groups is 1. The highest BCUT2D eigenvalue weighted by Crippen LogP contribution is 2.34. The molecule has 2 atom stereocenters. The molecular formula is C16H22N2O. The van der Waals surface area contributed by atoms with Gasteiger partial charge in [-0.05, 0) is 42.7 Å². The second-order valence-electron chi connectivity index (χ2n) is 6.15. The largest absolute Gasteiger partial charge is 0.327 e. The first-order valence-electron chi connectivity index (χ1n) is 7.29. The quantitative estimate of drug-likeness (QED) is 0.904. The van der Waals surface area contributed by atoms with Gasteiger partial charge in [0.2, 0.25) is 5.91 Å². The van der Waals surface area contributed by atoms with Crippen molar-refractivity contribution in [2.24, 2.45) is 17.6 Å². The Bertz CT molecular complexity index is 481. The van der Waals surface area contributed by atoms with Gasteiger partial charge in [0.05, 0.1) is 0 Å². The summed E-state index contributed by atoms with van der Waals surface area (Å²) in [6.07, 6.45) is 3.95. The van der Waals surface area contributed by atoms with E-state index in [9.17, 15) is 4.79 Å². The molecule has 1 aromatic carbocycles. The van der Waals surface area contributed by atoms with Gasteiger partial charge in [-0.1, -0.05) is 25.1 Å². The molecule has 1 aliphatic carbocycles. The minimum absolute atomic E-state index is 0.0527. The number of nitrogens with zero attached hydrogens (tertiary/aromatic N) is 1. The SMILES string of the molecule is CC1Cc2ccccc2N(C(=O)CC(N)C2CC2)C1. The zero-order valence-electron chi connectivity index (χ0n) is 11.5. The number of para-hydroxylation sites is 1. The van der Waals surface area contributed by atoms with Crippen LogP contribution >= 0.6 is 0 Å². The molecule has 1 aromatic rings. The Kier molecular flexibility index (Phi) is 3.31. The first-order valence-corrected chi connectivity index (χ1v) is 7.29. The number of rotatable bonds is 3. The first kappa shape index (κ1) is 12.7. The molecule has 1 fully saturated rings. The average Bonchev–Trinajstić information content (AvgIpc) is 3.21. The van der Waals surface area contributed by atoms with Crippen molar-refractivity contribution in [2.45, 2.75) is 38.6 Å². The molecule has 0 aromatic heterocycles. The van der Waals surface area contributed by atoms with E-state index in [1.54, 1.807) is 0 Å². The van der Waals surface area contributed by atoms with E-state index < -0.39 is 0 Å². The maximum absolute atomic E-state index is 12.5. The molecule has 2 N–H and O–H groups in total. The lowest BCUT2D eigenvalue weighted by atomic mass is 9.93. The third-order valence-corrected chi connectivity index (χ3v) is 4.28. The normalized spacial score (nSPS) is 23.9. The molecule has 19 heavy (non-hydrogen) atoms. The van der Waals surface area contributed by atoms with E-state index in [2.05, 4.69) is 25.1 Å². The van der Waals surface area contributed by atoms with Crippen molar-refractivity contribution in [3.05, 3.63) is 29.8 Å². The molecule has 3 nitrogen and oxygen atoms in total. The van der Waals surface area contributed by atoms with Gasteiger partial charge in [0.25, 0.3) is 0 Å². The Labute approximate surface area is 114 Å². The zero-order valence-corrected chi connectivity index (χ0v) is 11.5. The van der Waals surface area contributed by atoms with Crippen LogP contribution in [0.15, 0.2) is 24.3 Å². The summed E-state index contributed by atoms with van der Waals surface area (Å²) >= 11 is 0. The second-order valence-corrected chi connectivity index (χ2v) is 6.15. The Morgan fingerprint density at radius 1 is 1.42 bits per heavy atom. The molecule has 1 amide bonds. The Balaban J connectivity index is 1.77. The van der Waals surface area contributed by atoms with Crippen LogP contribution in [0.25, 0.3) is 0 Å². The van der Waals surface area contributed by atoms with E-state index in [4.69, 9.17) is 5.73 Å². The molecule has 3 rings (SSSR count). The molecule has 1 saturated carbocycles. The summed E-state index contributed by atoms with van der Waals surface area (Å²) in [5.41, 5.74) is 8.47. The van der Waals surface area contributed by atoms with E-state index in [0.717, 1.165) is 18.7 Å². The summed E-state index contributed by atoms with van der Waals surface area (Å²) in [6.45, 7) is 3.03. The van der Waals surface area contributed by atoms with Gasteiger partial charge in [-0.25, -0.2) is 0 Å². The summed E-state index contributed by atoms with van der Waals surface area (Å²) in [5, 5.41) is 0. The van der Waals surface area contributed by atoms with Crippen molar-refractivity contribution in [2.75, 3.05) is 11.4 Å². The molecule has 2 aliphatic rings. The van der Waals surface area contributed by atoms with E-state index in [-0.39, 0.29) is 11.9 Å². The fourth-order valence-electron chi connectivity index (χ4n) is 3.04. The van der Waals surface area contributed by atoms with Crippen molar-refractivity contribution >= 4 is 11.6 Å². The Morgan fingerprint density at radius 3 is 2.89 bits per heavy atom. The van der Waals surface area contributed by atoms with Gasteiger partial charge < -0.3 is 10.6 Å². The summed E-state index contributed by atoms with van der Waals surface area (Å²) in [5.74, 6) is 1.30. The standard InChI is InChI=1S/C16H22N2O/c1-11-8-13-4-2-3-5-15(13)18(10-11)16(19)9-14(17)12-6-7-12/h2-5,11-12,14H,6-10,17H2,1H3. The summed E-state index contributed by atoms with van der Waals surface area (Å²) < 4.78 is 0. The molecule has 0 saturated heterocycles. The number of hydrogen-bond acceptors (Lipinski definition) is 2. The Morgan fingerprint density at radius 2 is 2.16 bits per heavy atom. The molecule has 1 aliphatic heterocycles. The maximum Gasteiger partial charge on any atom is 0.228 e. The van der Waals surface area contributed by atoms with Crippen molar-refractivity contribution in [3.63, 3.8) is 0 Å². The Hall–Kier alpha value is -1.35. The second kappa shape index (κ2) is 4.97. The molecular weight excluding hydrogens is 236 g/mol. The van der Waals surface area contributed by atoms with Crippen LogP contribution in [0.2, 0.25) is 0 Å². The number of anilines is 1. The molecule has 0 bridgehead atoms. The van der Waals surface area contributed by atoms with Gasteiger partial charge in [-0.2, -0.15) is 0 Å². The van der Waals surface area contributed by atoms with Crippen LogP contribution < -0.4 is 10.6 Å². The van der Waals surface area contributed by atoms with Crippen LogP contribution in [0.4, 0.5) is 5.69 Å². The van der Waals surface area contributed by atoms with Crippen LogP contribution in [0.3, 0.4) is 0 Å². The minimum atomic E-state index is 0.0527. The lowest BCUT2D eigenvalue weighted by Crippen LogP contribution is -2.42. The van der Waals surface area contributed by atoms with E-state index in [1.807, 2.05) is 11.0 Å². The topological polar surface area (TPSA) is 46.3 Å². The molecule has 3 heteroatoms. The van der Waals surface area contributed by atoms with Gasteiger partial charge in [-0.15, -0.1) is 0 Å². The van der Waals surface area contributed by atoms with Gasteiger partial charge in [-0.3, -0.25) is 4.79 Å². The highest BCUT2D eigenvalue weighted by molar-refractivity contribution is 5.95. The number of fused-ring (bicyclic) bond motifs is 1. The maximum atomic E-state index is 12.5. The summed E-state index contributed by atoms with van der Waals surface area (Å²) in [6, 6.07) is 8.30. The first-order chi connectivity index (χ1) is 9.15. The summed E-state index contributed by atoms with van der Waals surface area (Å²) in [7, 11) is 0. The van der Waals surface area contributed by atoms with Crippen molar-refractivity contribution in [3.8, 4) is 0 Å². The number of nitrogens with two attached hydrogens (primary N) is 1. The van der Waals surface area contributed by atoms with Crippen molar-refractivity contribution in [1.29, 1.82) is 0 Å². The average molecular weight is 258 g/mol. The fourth-order valence-corrected chi connectivity index (χ4v) is 3.04. The predicted molar refractivity (Wildman–Crippen MR) is 77.0 cm³/mol. The van der Waals surface area contributed by atoms with Crippen LogP contribution in [0.5, 0.6) is 0 Å². The molecule has 102 valence electrons. The minimum Gasteiger partial charge on any atom is -0.327 e. The van der Waals surface area contributed by atoms with Crippen LogP contribution in [-0.4, -0.2) is 18.5 Å². The predicted octanol–water partition coefficient (Wildman–Crippen LogP) is 2.34. The number of carbonyl (C=O) groups excluding carboxylic acids is 1. The third-order valence-electron chi connectivity index (χ3n) is 4.28. The fraction of sp³-hybridized carbons (Fsp3) is 0.562. The van der Waals surface area contributed by atoms with E-state index >= 15 is 0 Å². The molecule has 0 radical (unpaired) electrons. The van der Waals surface area contributed by atoms with Crippen molar-refractivity contribution < 1.29 is 4.79 Å². The van der Waals surface area contributed by atoms with Crippen LogP contribution in [-0.2, 0) is 11.2 Å². The molecule has 1 heterocycles.